The third kappa shape index (κ3) is 3.10. The molecule has 0 fully saturated rings. The highest BCUT2D eigenvalue weighted by atomic mass is 79.9. The second-order valence-electron chi connectivity index (χ2n) is 4.22. The lowest BCUT2D eigenvalue weighted by molar-refractivity contribution is 0.603. The molecule has 102 valence electrons. The number of benzene rings is 1. The number of sulfonamides is 1. The smallest absolute Gasteiger partial charge is 0.271 e. The van der Waals surface area contributed by atoms with Crippen LogP contribution in [-0.2, 0) is 10.0 Å². The monoisotopic (exact) mass is 360 g/mol. The molecule has 0 saturated heterocycles. The van der Waals surface area contributed by atoms with Gasteiger partial charge in [0.25, 0.3) is 10.0 Å². The standard InChI is InChI=1S/C12H13BrN2O2S2/c1-7-3-9(13)4-8(2)12(7)15-19(16,17)11-5-10(14)6-18-11/h3-6,15H,14H2,1-2H3. The number of halogens is 1. The molecule has 2 aromatic rings. The van der Waals surface area contributed by atoms with E-state index in [1.54, 1.807) is 5.38 Å². The van der Waals surface area contributed by atoms with E-state index in [4.69, 9.17) is 5.73 Å². The summed E-state index contributed by atoms with van der Waals surface area (Å²) in [5.41, 5.74) is 8.34. The van der Waals surface area contributed by atoms with Gasteiger partial charge in [0.1, 0.15) is 4.21 Å². The number of hydrogen-bond acceptors (Lipinski definition) is 4. The fraction of sp³-hybridized carbons (Fsp3) is 0.167. The molecular formula is C12H13BrN2O2S2. The van der Waals surface area contributed by atoms with Gasteiger partial charge in [0, 0.05) is 15.5 Å². The maximum atomic E-state index is 12.2. The Morgan fingerprint density at radius 1 is 1.21 bits per heavy atom. The lowest BCUT2D eigenvalue weighted by atomic mass is 10.1. The lowest BCUT2D eigenvalue weighted by Crippen LogP contribution is -2.13. The molecule has 1 heterocycles. The molecule has 0 aliphatic heterocycles. The van der Waals surface area contributed by atoms with E-state index < -0.39 is 10.0 Å². The molecular weight excluding hydrogens is 348 g/mol. The lowest BCUT2D eigenvalue weighted by Gasteiger charge is -2.12. The summed E-state index contributed by atoms with van der Waals surface area (Å²) in [6.45, 7) is 3.72. The van der Waals surface area contributed by atoms with E-state index in [2.05, 4.69) is 20.7 Å². The van der Waals surface area contributed by atoms with Crippen LogP contribution in [0.5, 0.6) is 0 Å². The van der Waals surface area contributed by atoms with E-state index in [-0.39, 0.29) is 4.21 Å². The zero-order chi connectivity index (χ0) is 14.2. The molecule has 0 aliphatic carbocycles. The largest absolute Gasteiger partial charge is 0.398 e. The zero-order valence-electron chi connectivity index (χ0n) is 10.4. The van der Waals surface area contributed by atoms with Crippen LogP contribution in [0.15, 0.2) is 32.3 Å². The fourth-order valence-electron chi connectivity index (χ4n) is 1.73. The van der Waals surface area contributed by atoms with Crippen molar-refractivity contribution in [1.29, 1.82) is 0 Å². The minimum atomic E-state index is -3.58. The van der Waals surface area contributed by atoms with Gasteiger partial charge in [0.2, 0.25) is 0 Å². The Bertz CT molecular complexity index is 700. The molecule has 2 rings (SSSR count). The average Bonchev–Trinajstić information content (AvgIpc) is 2.71. The highest BCUT2D eigenvalue weighted by molar-refractivity contribution is 9.10. The molecule has 0 atom stereocenters. The number of nitrogens with two attached hydrogens (primary N) is 1. The summed E-state index contributed by atoms with van der Waals surface area (Å²) in [6, 6.07) is 5.19. The molecule has 3 N–H and O–H groups in total. The predicted octanol–water partition coefficient (Wildman–Crippen LogP) is 3.51. The quantitative estimate of drug-likeness (QED) is 0.879. The number of thiophene rings is 1. The first kappa shape index (κ1) is 14.4. The summed E-state index contributed by atoms with van der Waals surface area (Å²) in [6.07, 6.45) is 0. The van der Waals surface area contributed by atoms with Crippen LogP contribution in [0.3, 0.4) is 0 Å². The van der Waals surface area contributed by atoms with Crippen LogP contribution < -0.4 is 10.5 Å². The van der Waals surface area contributed by atoms with Crippen LogP contribution in [0.25, 0.3) is 0 Å². The van der Waals surface area contributed by atoms with Crippen LogP contribution in [0.1, 0.15) is 11.1 Å². The van der Waals surface area contributed by atoms with E-state index in [1.807, 2.05) is 26.0 Å². The van der Waals surface area contributed by atoms with Crippen LogP contribution in [-0.4, -0.2) is 8.42 Å². The van der Waals surface area contributed by atoms with E-state index in [1.165, 1.54) is 6.07 Å². The number of hydrogen-bond donors (Lipinski definition) is 2. The molecule has 0 unspecified atom stereocenters. The van der Waals surface area contributed by atoms with Gasteiger partial charge in [0.15, 0.2) is 0 Å². The summed E-state index contributed by atoms with van der Waals surface area (Å²) in [7, 11) is -3.58. The summed E-state index contributed by atoms with van der Waals surface area (Å²) >= 11 is 4.49. The molecule has 1 aromatic heterocycles. The van der Waals surface area contributed by atoms with Gasteiger partial charge in [-0.1, -0.05) is 15.9 Å². The predicted molar refractivity (Wildman–Crippen MR) is 83.2 cm³/mol. The van der Waals surface area contributed by atoms with E-state index in [0.29, 0.717) is 11.4 Å². The zero-order valence-corrected chi connectivity index (χ0v) is 13.6. The van der Waals surface area contributed by atoms with Gasteiger partial charge in [-0.3, -0.25) is 4.72 Å². The van der Waals surface area contributed by atoms with Crippen molar-refractivity contribution in [1.82, 2.24) is 0 Å². The molecule has 4 nitrogen and oxygen atoms in total. The Morgan fingerprint density at radius 2 is 1.79 bits per heavy atom. The minimum Gasteiger partial charge on any atom is -0.398 e. The van der Waals surface area contributed by atoms with Crippen molar-refractivity contribution in [3.8, 4) is 0 Å². The number of aryl methyl sites for hydroxylation is 2. The third-order valence-corrected chi connectivity index (χ3v) is 5.86. The van der Waals surface area contributed by atoms with Gasteiger partial charge in [-0.25, -0.2) is 8.42 Å². The van der Waals surface area contributed by atoms with Crippen molar-refractivity contribution < 1.29 is 8.42 Å². The van der Waals surface area contributed by atoms with Crippen molar-refractivity contribution >= 4 is 48.7 Å². The van der Waals surface area contributed by atoms with Gasteiger partial charge in [-0.05, 0) is 43.2 Å². The summed E-state index contributed by atoms with van der Waals surface area (Å²) < 4.78 is 28.2. The SMILES string of the molecule is Cc1cc(Br)cc(C)c1NS(=O)(=O)c1cc(N)cs1. The Hall–Kier alpha value is -1.05. The van der Waals surface area contributed by atoms with E-state index >= 15 is 0 Å². The summed E-state index contributed by atoms with van der Waals surface area (Å²) in [4.78, 5) is 0. The second-order valence-corrected chi connectivity index (χ2v) is 7.96. The highest BCUT2D eigenvalue weighted by Crippen LogP contribution is 2.29. The Morgan fingerprint density at radius 3 is 2.26 bits per heavy atom. The number of nitrogens with one attached hydrogen (secondary N) is 1. The van der Waals surface area contributed by atoms with E-state index in [0.717, 1.165) is 26.9 Å². The Balaban J connectivity index is 2.41. The Kier molecular flexibility index (Phi) is 3.89. The summed E-state index contributed by atoms with van der Waals surface area (Å²) in [5.74, 6) is 0. The van der Waals surface area contributed by atoms with Gasteiger partial charge in [-0.15, -0.1) is 11.3 Å². The maximum Gasteiger partial charge on any atom is 0.271 e. The maximum absolute atomic E-state index is 12.2. The molecule has 0 radical (unpaired) electrons. The van der Waals surface area contributed by atoms with Crippen LogP contribution in [0.4, 0.5) is 11.4 Å². The van der Waals surface area contributed by atoms with Crippen molar-refractivity contribution in [3.63, 3.8) is 0 Å². The van der Waals surface area contributed by atoms with Crippen molar-refractivity contribution in [2.24, 2.45) is 0 Å². The fourth-order valence-corrected chi connectivity index (χ4v) is 4.70. The molecule has 0 amide bonds. The van der Waals surface area contributed by atoms with Crippen LogP contribution >= 0.6 is 27.3 Å². The molecule has 0 aliphatic rings. The normalized spacial score (nSPS) is 11.5. The molecule has 19 heavy (non-hydrogen) atoms. The number of anilines is 2. The van der Waals surface area contributed by atoms with Gasteiger partial charge >= 0.3 is 0 Å². The van der Waals surface area contributed by atoms with Gasteiger partial charge < -0.3 is 5.73 Å². The minimum absolute atomic E-state index is 0.215. The van der Waals surface area contributed by atoms with Crippen molar-refractivity contribution in [2.45, 2.75) is 18.1 Å². The highest BCUT2D eigenvalue weighted by Gasteiger charge is 2.18. The number of rotatable bonds is 3. The molecule has 0 spiro atoms. The van der Waals surface area contributed by atoms with Crippen molar-refractivity contribution in [3.05, 3.63) is 39.2 Å². The molecule has 1 aromatic carbocycles. The molecule has 7 heteroatoms. The topological polar surface area (TPSA) is 72.2 Å². The Labute approximate surface area is 124 Å². The van der Waals surface area contributed by atoms with Crippen molar-refractivity contribution in [2.75, 3.05) is 10.5 Å². The summed E-state index contributed by atoms with van der Waals surface area (Å²) in [5, 5.41) is 1.61. The van der Waals surface area contributed by atoms with Gasteiger partial charge in [-0.2, -0.15) is 0 Å². The van der Waals surface area contributed by atoms with Crippen LogP contribution in [0, 0.1) is 13.8 Å². The second kappa shape index (κ2) is 5.15. The third-order valence-electron chi connectivity index (χ3n) is 2.59. The number of nitrogen functional groups attached to an aromatic ring is 1. The van der Waals surface area contributed by atoms with E-state index in [9.17, 15) is 8.42 Å². The first-order chi connectivity index (χ1) is 8.79. The first-order valence-electron chi connectivity index (χ1n) is 5.43. The first-order valence-corrected chi connectivity index (χ1v) is 8.59. The molecule has 0 bridgehead atoms. The average molecular weight is 361 g/mol. The van der Waals surface area contributed by atoms with Gasteiger partial charge in [0.05, 0.1) is 5.69 Å². The molecule has 0 saturated carbocycles. The van der Waals surface area contributed by atoms with Crippen LogP contribution in [0.2, 0.25) is 0 Å².